The number of amides is 1. The van der Waals surface area contributed by atoms with Gasteiger partial charge in [-0.05, 0) is 48.1 Å². The van der Waals surface area contributed by atoms with Crippen LogP contribution in [-0.2, 0) is 21.5 Å². The van der Waals surface area contributed by atoms with Gasteiger partial charge in [-0.15, -0.1) is 0 Å². The molecule has 0 saturated carbocycles. The predicted octanol–water partition coefficient (Wildman–Crippen LogP) is 3.21. The first-order chi connectivity index (χ1) is 13.4. The van der Waals surface area contributed by atoms with Crippen molar-refractivity contribution in [3.63, 3.8) is 0 Å². The maximum atomic E-state index is 12.9. The molecule has 2 atom stereocenters. The molecule has 0 bridgehead atoms. The van der Waals surface area contributed by atoms with Crippen molar-refractivity contribution < 1.29 is 18.0 Å². The average molecular weight is 403 g/mol. The van der Waals surface area contributed by atoms with Crippen LogP contribution in [0, 0.1) is 11.8 Å². The molecule has 0 unspecified atom stereocenters. The standard InChI is InChI=1S/C21H26N2O4S/c1-16-12-17(2)14-23(13-16)28(25,26)20-10-8-19(9-11-20)21(24)22-27-15-18-6-4-3-5-7-18/h3-11,16-17H,12-15H2,1-2H3,(H,22,24)/t16-,17-/m1/s1. The van der Waals surface area contributed by atoms with Gasteiger partial charge < -0.3 is 0 Å². The summed E-state index contributed by atoms with van der Waals surface area (Å²) < 4.78 is 27.3. The van der Waals surface area contributed by atoms with Crippen LogP contribution in [0.15, 0.2) is 59.5 Å². The summed E-state index contributed by atoms with van der Waals surface area (Å²) in [6.07, 6.45) is 1.04. The Labute approximate surface area is 166 Å². The maximum Gasteiger partial charge on any atom is 0.274 e. The normalized spacial score (nSPS) is 20.6. The summed E-state index contributed by atoms with van der Waals surface area (Å²) in [5.41, 5.74) is 3.66. The fourth-order valence-electron chi connectivity index (χ4n) is 3.55. The number of sulfonamides is 1. The van der Waals surface area contributed by atoms with Gasteiger partial charge in [-0.25, -0.2) is 13.9 Å². The second-order valence-electron chi connectivity index (χ2n) is 7.50. The zero-order chi connectivity index (χ0) is 20.1. The second kappa shape index (κ2) is 8.86. The van der Waals surface area contributed by atoms with Crippen LogP contribution in [-0.4, -0.2) is 31.7 Å². The smallest absolute Gasteiger partial charge is 0.269 e. The lowest BCUT2D eigenvalue weighted by atomic mass is 9.94. The Bertz CT molecular complexity index is 888. The van der Waals surface area contributed by atoms with Crippen LogP contribution in [0.2, 0.25) is 0 Å². The second-order valence-corrected chi connectivity index (χ2v) is 9.44. The molecule has 150 valence electrons. The van der Waals surface area contributed by atoms with Crippen LogP contribution in [0.4, 0.5) is 0 Å². The van der Waals surface area contributed by atoms with Gasteiger partial charge in [0.2, 0.25) is 10.0 Å². The minimum atomic E-state index is -3.55. The van der Waals surface area contributed by atoms with Crippen molar-refractivity contribution in [1.82, 2.24) is 9.79 Å². The van der Waals surface area contributed by atoms with Gasteiger partial charge in [0, 0.05) is 18.7 Å². The highest BCUT2D eigenvalue weighted by molar-refractivity contribution is 7.89. The first kappa shape index (κ1) is 20.5. The zero-order valence-electron chi connectivity index (χ0n) is 16.2. The summed E-state index contributed by atoms with van der Waals surface area (Å²) in [6, 6.07) is 15.4. The molecule has 6 nitrogen and oxygen atoms in total. The van der Waals surface area contributed by atoms with E-state index in [0.717, 1.165) is 12.0 Å². The molecular weight excluding hydrogens is 376 g/mol. The van der Waals surface area contributed by atoms with E-state index in [9.17, 15) is 13.2 Å². The number of carbonyl (C=O) groups excluding carboxylic acids is 1. The zero-order valence-corrected chi connectivity index (χ0v) is 17.0. The molecule has 1 aliphatic heterocycles. The lowest BCUT2D eigenvalue weighted by Crippen LogP contribution is -2.42. The SMILES string of the molecule is C[C@@H]1C[C@@H](C)CN(S(=O)(=O)c2ccc(C(=O)NOCc3ccccc3)cc2)C1. The van der Waals surface area contributed by atoms with Crippen LogP contribution in [0.1, 0.15) is 36.2 Å². The lowest BCUT2D eigenvalue weighted by Gasteiger charge is -2.34. The Morgan fingerprint density at radius 1 is 1.04 bits per heavy atom. The monoisotopic (exact) mass is 402 g/mol. The van der Waals surface area contributed by atoms with Gasteiger partial charge in [0.25, 0.3) is 5.91 Å². The number of hydrogen-bond donors (Lipinski definition) is 1. The first-order valence-corrected chi connectivity index (χ1v) is 10.9. The number of nitrogens with one attached hydrogen (secondary N) is 1. The Balaban J connectivity index is 1.61. The van der Waals surface area contributed by atoms with Gasteiger partial charge in [0.15, 0.2) is 0 Å². The van der Waals surface area contributed by atoms with E-state index in [1.54, 1.807) is 4.31 Å². The summed E-state index contributed by atoms with van der Waals surface area (Å²) >= 11 is 0. The number of hydroxylamine groups is 1. The van der Waals surface area contributed by atoms with Gasteiger partial charge in [0.05, 0.1) is 11.5 Å². The van der Waals surface area contributed by atoms with Crippen LogP contribution in [0.25, 0.3) is 0 Å². The third-order valence-corrected chi connectivity index (χ3v) is 6.68. The fourth-order valence-corrected chi connectivity index (χ4v) is 5.23. The molecule has 7 heteroatoms. The van der Waals surface area contributed by atoms with E-state index in [1.807, 2.05) is 30.3 Å². The number of hydrogen-bond acceptors (Lipinski definition) is 4. The van der Waals surface area contributed by atoms with E-state index in [0.29, 0.717) is 30.5 Å². The molecule has 1 N–H and O–H groups in total. The molecule has 1 saturated heterocycles. The summed E-state index contributed by atoms with van der Waals surface area (Å²) in [5.74, 6) is 0.260. The molecule has 2 aromatic rings. The van der Waals surface area contributed by atoms with E-state index in [-0.39, 0.29) is 11.5 Å². The number of carbonyl (C=O) groups is 1. The fraction of sp³-hybridized carbons (Fsp3) is 0.381. The van der Waals surface area contributed by atoms with Crippen molar-refractivity contribution in [3.8, 4) is 0 Å². The molecule has 3 rings (SSSR count). The van der Waals surface area contributed by atoms with Crippen molar-refractivity contribution >= 4 is 15.9 Å². The molecule has 1 aliphatic rings. The molecule has 0 aromatic heterocycles. The number of benzene rings is 2. The molecule has 2 aromatic carbocycles. The predicted molar refractivity (Wildman–Crippen MR) is 107 cm³/mol. The molecule has 28 heavy (non-hydrogen) atoms. The van der Waals surface area contributed by atoms with Gasteiger partial charge in [-0.2, -0.15) is 4.31 Å². The minimum absolute atomic E-state index is 0.204. The summed E-state index contributed by atoms with van der Waals surface area (Å²) in [5, 5.41) is 0. The van der Waals surface area contributed by atoms with Crippen molar-refractivity contribution in [2.75, 3.05) is 13.1 Å². The van der Waals surface area contributed by atoms with E-state index < -0.39 is 15.9 Å². The topological polar surface area (TPSA) is 75.7 Å². The van der Waals surface area contributed by atoms with Gasteiger partial charge in [0.1, 0.15) is 0 Å². The van der Waals surface area contributed by atoms with E-state index in [4.69, 9.17) is 4.84 Å². The summed E-state index contributed by atoms with van der Waals surface area (Å²) in [7, 11) is -3.55. The van der Waals surface area contributed by atoms with Crippen molar-refractivity contribution in [2.45, 2.75) is 31.8 Å². The van der Waals surface area contributed by atoms with Gasteiger partial charge in [-0.1, -0.05) is 44.2 Å². The van der Waals surface area contributed by atoms with Crippen molar-refractivity contribution in [3.05, 3.63) is 65.7 Å². The Morgan fingerprint density at radius 2 is 1.64 bits per heavy atom. The number of nitrogens with zero attached hydrogens (tertiary/aromatic N) is 1. The van der Waals surface area contributed by atoms with Gasteiger partial charge >= 0.3 is 0 Å². The number of piperidine rings is 1. The first-order valence-electron chi connectivity index (χ1n) is 9.42. The lowest BCUT2D eigenvalue weighted by molar-refractivity contribution is 0.0233. The molecule has 1 amide bonds. The van der Waals surface area contributed by atoms with Crippen LogP contribution < -0.4 is 5.48 Å². The van der Waals surface area contributed by atoms with E-state index in [2.05, 4.69) is 19.3 Å². The van der Waals surface area contributed by atoms with Crippen LogP contribution >= 0.6 is 0 Å². The highest BCUT2D eigenvalue weighted by Crippen LogP contribution is 2.26. The highest BCUT2D eigenvalue weighted by Gasteiger charge is 2.31. The molecule has 0 spiro atoms. The summed E-state index contributed by atoms with van der Waals surface area (Å²) in [4.78, 5) is 17.6. The Hall–Kier alpha value is -2.22. The average Bonchev–Trinajstić information content (AvgIpc) is 2.68. The highest BCUT2D eigenvalue weighted by atomic mass is 32.2. The summed E-state index contributed by atoms with van der Waals surface area (Å²) in [6.45, 7) is 5.46. The molecule has 1 fully saturated rings. The van der Waals surface area contributed by atoms with Crippen molar-refractivity contribution in [2.24, 2.45) is 11.8 Å². The quantitative estimate of drug-likeness (QED) is 0.753. The van der Waals surface area contributed by atoms with E-state index in [1.165, 1.54) is 24.3 Å². The largest absolute Gasteiger partial charge is 0.274 e. The molecule has 0 radical (unpaired) electrons. The Kier molecular flexibility index (Phi) is 6.49. The third-order valence-electron chi connectivity index (χ3n) is 4.84. The maximum absolute atomic E-state index is 12.9. The van der Waals surface area contributed by atoms with Crippen LogP contribution in [0.5, 0.6) is 0 Å². The molecule has 1 heterocycles. The molecule has 0 aliphatic carbocycles. The molecular formula is C21H26N2O4S. The van der Waals surface area contributed by atoms with Crippen LogP contribution in [0.3, 0.4) is 0 Å². The number of rotatable bonds is 6. The van der Waals surface area contributed by atoms with Crippen molar-refractivity contribution in [1.29, 1.82) is 0 Å². The Morgan fingerprint density at radius 3 is 2.25 bits per heavy atom. The third kappa shape index (κ3) is 4.98. The minimum Gasteiger partial charge on any atom is -0.269 e. The van der Waals surface area contributed by atoms with E-state index >= 15 is 0 Å². The van der Waals surface area contributed by atoms with Gasteiger partial charge in [-0.3, -0.25) is 9.63 Å².